The molecule has 1 rings (SSSR count). The van der Waals surface area contributed by atoms with Gasteiger partial charge in [-0.25, -0.2) is 0 Å². The molecule has 0 aliphatic heterocycles. The lowest BCUT2D eigenvalue weighted by atomic mass is 10.2. The maximum Gasteiger partial charge on any atom is 0.186 e. The number of ether oxygens (including phenoxy) is 1. The molecule has 1 aromatic carbocycles. The molecule has 4 nitrogen and oxygen atoms in total. The topological polar surface area (TPSA) is 45.7 Å². The van der Waals surface area contributed by atoms with E-state index in [1.54, 1.807) is 13.3 Å². The summed E-state index contributed by atoms with van der Waals surface area (Å²) in [6.07, 6.45) is 1.71. The molecule has 0 unspecified atom stereocenters. The summed E-state index contributed by atoms with van der Waals surface area (Å²) in [4.78, 5) is 0. The van der Waals surface area contributed by atoms with Gasteiger partial charge in [-0.1, -0.05) is 0 Å². The van der Waals surface area contributed by atoms with Gasteiger partial charge >= 0.3 is 0 Å². The normalized spacial score (nSPS) is 10.3. The van der Waals surface area contributed by atoms with Gasteiger partial charge in [-0.2, -0.15) is 5.10 Å². The SMILES string of the molecule is CCNC(=S)NN=Cc1ccc(OC)c(I)c1. The fraction of sp³-hybridized carbons (Fsp3) is 0.273. The summed E-state index contributed by atoms with van der Waals surface area (Å²) in [5.74, 6) is 0.860. The van der Waals surface area contributed by atoms with Crippen molar-refractivity contribution in [1.82, 2.24) is 10.7 Å². The van der Waals surface area contributed by atoms with Crippen LogP contribution >= 0.6 is 34.8 Å². The van der Waals surface area contributed by atoms with Gasteiger partial charge in [0, 0.05) is 6.54 Å². The predicted octanol–water partition coefficient (Wildman–Crippen LogP) is 2.12. The van der Waals surface area contributed by atoms with Crippen molar-refractivity contribution < 1.29 is 4.74 Å². The highest BCUT2D eigenvalue weighted by Crippen LogP contribution is 2.20. The molecule has 0 bridgehead atoms. The van der Waals surface area contributed by atoms with Crippen LogP contribution < -0.4 is 15.5 Å². The molecule has 2 N–H and O–H groups in total. The molecule has 1 aromatic rings. The van der Waals surface area contributed by atoms with Crippen molar-refractivity contribution >= 4 is 46.1 Å². The van der Waals surface area contributed by atoms with Gasteiger partial charge in [0.2, 0.25) is 0 Å². The summed E-state index contributed by atoms with van der Waals surface area (Å²) in [6, 6.07) is 5.83. The molecule has 0 atom stereocenters. The van der Waals surface area contributed by atoms with Gasteiger partial charge in [-0.3, -0.25) is 5.43 Å². The standard InChI is InChI=1S/C11H14IN3OS/c1-3-13-11(17)15-14-7-8-4-5-10(16-2)9(12)6-8/h4-7H,3H2,1-2H3,(H2,13,15,17). The van der Waals surface area contributed by atoms with Gasteiger partial charge < -0.3 is 10.1 Å². The number of halogens is 1. The molecule has 92 valence electrons. The van der Waals surface area contributed by atoms with Crippen LogP contribution in [0.2, 0.25) is 0 Å². The Morgan fingerprint density at radius 3 is 2.94 bits per heavy atom. The van der Waals surface area contributed by atoms with Crippen molar-refractivity contribution in [1.29, 1.82) is 0 Å². The zero-order chi connectivity index (χ0) is 12.7. The number of rotatable bonds is 4. The van der Waals surface area contributed by atoms with E-state index in [2.05, 4.69) is 38.4 Å². The Morgan fingerprint density at radius 1 is 1.59 bits per heavy atom. The molecule has 6 heteroatoms. The number of nitrogens with one attached hydrogen (secondary N) is 2. The quantitative estimate of drug-likeness (QED) is 0.372. The van der Waals surface area contributed by atoms with E-state index in [1.165, 1.54) is 0 Å². The van der Waals surface area contributed by atoms with Crippen LogP contribution in [0.4, 0.5) is 0 Å². The van der Waals surface area contributed by atoms with E-state index in [4.69, 9.17) is 17.0 Å². The van der Waals surface area contributed by atoms with Crippen molar-refractivity contribution in [2.24, 2.45) is 5.10 Å². The van der Waals surface area contributed by atoms with Crippen LogP contribution in [0.1, 0.15) is 12.5 Å². The summed E-state index contributed by atoms with van der Waals surface area (Å²) in [5, 5.41) is 7.50. The van der Waals surface area contributed by atoms with Crippen molar-refractivity contribution in [2.75, 3.05) is 13.7 Å². The minimum atomic E-state index is 0.520. The van der Waals surface area contributed by atoms with Gasteiger partial charge in [-0.05, 0) is 65.5 Å². The molecule has 0 aromatic heterocycles. The van der Waals surface area contributed by atoms with Gasteiger partial charge in [-0.15, -0.1) is 0 Å². The molecule has 0 spiro atoms. The van der Waals surface area contributed by atoms with Crippen LogP contribution in [0, 0.1) is 3.57 Å². The highest BCUT2D eigenvalue weighted by molar-refractivity contribution is 14.1. The van der Waals surface area contributed by atoms with E-state index in [0.717, 1.165) is 21.4 Å². The van der Waals surface area contributed by atoms with Crippen molar-refractivity contribution in [3.63, 3.8) is 0 Å². The molecule has 0 saturated carbocycles. The molecular formula is C11H14IN3OS. The highest BCUT2D eigenvalue weighted by atomic mass is 127. The van der Waals surface area contributed by atoms with E-state index in [1.807, 2.05) is 25.1 Å². The Morgan fingerprint density at radius 2 is 2.35 bits per heavy atom. The Hall–Kier alpha value is -0.890. The first-order valence-electron chi connectivity index (χ1n) is 5.07. The smallest absolute Gasteiger partial charge is 0.186 e. The van der Waals surface area contributed by atoms with Crippen LogP contribution in [-0.2, 0) is 0 Å². The zero-order valence-electron chi connectivity index (χ0n) is 9.66. The van der Waals surface area contributed by atoms with Crippen LogP contribution in [0.15, 0.2) is 23.3 Å². The van der Waals surface area contributed by atoms with E-state index < -0.39 is 0 Å². The predicted molar refractivity (Wildman–Crippen MR) is 82.7 cm³/mol. The maximum atomic E-state index is 5.18. The largest absolute Gasteiger partial charge is 0.496 e. The van der Waals surface area contributed by atoms with E-state index >= 15 is 0 Å². The van der Waals surface area contributed by atoms with Crippen LogP contribution in [0.3, 0.4) is 0 Å². The lowest BCUT2D eigenvalue weighted by Crippen LogP contribution is -2.31. The Kier molecular flexibility index (Phi) is 6.20. The lowest BCUT2D eigenvalue weighted by Gasteiger charge is -2.04. The van der Waals surface area contributed by atoms with E-state index in [-0.39, 0.29) is 0 Å². The first-order chi connectivity index (χ1) is 8.17. The molecule has 0 aliphatic carbocycles. The molecule has 0 amide bonds. The Labute approximate surface area is 120 Å². The third-order valence-corrected chi connectivity index (χ3v) is 2.97. The average molecular weight is 363 g/mol. The summed E-state index contributed by atoms with van der Waals surface area (Å²) in [5.41, 5.74) is 3.72. The van der Waals surface area contributed by atoms with Gasteiger partial charge in [0.1, 0.15) is 5.75 Å². The molecule has 0 heterocycles. The molecular weight excluding hydrogens is 349 g/mol. The molecule has 17 heavy (non-hydrogen) atoms. The van der Waals surface area contributed by atoms with Crippen molar-refractivity contribution in [3.8, 4) is 5.75 Å². The number of thiocarbonyl (C=S) groups is 1. The van der Waals surface area contributed by atoms with E-state index in [0.29, 0.717) is 5.11 Å². The Bertz CT molecular complexity index is 423. The number of hydrazone groups is 1. The second-order valence-electron chi connectivity index (χ2n) is 3.12. The van der Waals surface area contributed by atoms with Crippen LogP contribution in [0.25, 0.3) is 0 Å². The summed E-state index contributed by atoms with van der Waals surface area (Å²) in [6.45, 7) is 2.76. The van der Waals surface area contributed by atoms with Gasteiger partial charge in [0.15, 0.2) is 5.11 Å². The minimum absolute atomic E-state index is 0.520. The second-order valence-corrected chi connectivity index (χ2v) is 4.69. The third-order valence-electron chi connectivity index (χ3n) is 1.89. The molecule has 0 fully saturated rings. The zero-order valence-corrected chi connectivity index (χ0v) is 12.6. The highest BCUT2D eigenvalue weighted by Gasteiger charge is 1.99. The van der Waals surface area contributed by atoms with Gasteiger partial charge in [0.25, 0.3) is 0 Å². The molecule has 0 radical (unpaired) electrons. The average Bonchev–Trinajstić information content (AvgIpc) is 2.29. The fourth-order valence-corrected chi connectivity index (χ4v) is 2.09. The summed E-state index contributed by atoms with van der Waals surface area (Å²) >= 11 is 7.20. The molecule has 0 saturated heterocycles. The number of nitrogens with zero attached hydrogens (tertiary/aromatic N) is 1. The summed E-state index contributed by atoms with van der Waals surface area (Å²) in [7, 11) is 1.65. The fourth-order valence-electron chi connectivity index (χ4n) is 1.13. The van der Waals surface area contributed by atoms with Gasteiger partial charge in [0.05, 0.1) is 16.9 Å². The monoisotopic (exact) mass is 363 g/mol. The number of hydrogen-bond donors (Lipinski definition) is 2. The van der Waals surface area contributed by atoms with E-state index in [9.17, 15) is 0 Å². The first kappa shape index (κ1) is 14.2. The molecule has 0 aliphatic rings. The number of hydrogen-bond acceptors (Lipinski definition) is 3. The maximum absolute atomic E-state index is 5.18. The summed E-state index contributed by atoms with van der Waals surface area (Å²) < 4.78 is 6.22. The third kappa shape index (κ3) is 4.86. The number of benzene rings is 1. The van der Waals surface area contributed by atoms with Crippen LogP contribution in [0.5, 0.6) is 5.75 Å². The Balaban J connectivity index is 2.60. The minimum Gasteiger partial charge on any atom is -0.496 e. The first-order valence-corrected chi connectivity index (χ1v) is 6.56. The lowest BCUT2D eigenvalue weighted by molar-refractivity contribution is 0.412. The van der Waals surface area contributed by atoms with Crippen LogP contribution in [-0.4, -0.2) is 25.0 Å². The number of methoxy groups -OCH3 is 1. The van der Waals surface area contributed by atoms with Crippen molar-refractivity contribution in [3.05, 3.63) is 27.3 Å². The second kappa shape index (κ2) is 7.44. The van der Waals surface area contributed by atoms with Crippen molar-refractivity contribution in [2.45, 2.75) is 6.92 Å².